The Morgan fingerprint density at radius 3 is 2.43 bits per heavy atom. The van der Waals surface area contributed by atoms with Gasteiger partial charge in [-0.3, -0.25) is 9.59 Å². The van der Waals surface area contributed by atoms with Crippen molar-refractivity contribution in [2.45, 2.75) is 18.9 Å². The summed E-state index contributed by atoms with van der Waals surface area (Å²) in [6.45, 7) is 0. The van der Waals surface area contributed by atoms with Crippen LogP contribution in [-0.4, -0.2) is 44.4 Å². The topological polar surface area (TPSA) is 110 Å². The second-order valence-corrected chi connectivity index (χ2v) is 6.22. The lowest BCUT2D eigenvalue weighted by Gasteiger charge is -2.14. The van der Waals surface area contributed by atoms with Crippen LogP contribution in [0.15, 0.2) is 30.3 Å². The first-order valence-electron chi connectivity index (χ1n) is 6.17. The van der Waals surface area contributed by atoms with Crippen molar-refractivity contribution in [1.82, 2.24) is 4.72 Å². The highest BCUT2D eigenvalue weighted by Gasteiger charge is 2.24. The van der Waals surface area contributed by atoms with E-state index in [0.717, 1.165) is 7.11 Å². The lowest BCUT2D eigenvalue weighted by Crippen LogP contribution is -2.43. The fourth-order valence-corrected chi connectivity index (χ4v) is 2.80. The highest BCUT2D eigenvalue weighted by Crippen LogP contribution is 2.05. The fraction of sp³-hybridized carbons (Fsp3) is 0.385. The minimum atomic E-state index is -3.88. The van der Waals surface area contributed by atoms with Crippen LogP contribution in [0.1, 0.15) is 12.0 Å². The Balaban J connectivity index is 2.70. The molecule has 0 saturated carbocycles. The minimum Gasteiger partial charge on any atom is -0.480 e. The molecule has 8 heteroatoms. The molecule has 1 atom stereocenters. The van der Waals surface area contributed by atoms with E-state index in [4.69, 9.17) is 5.11 Å². The Labute approximate surface area is 123 Å². The molecule has 0 heterocycles. The average molecular weight is 315 g/mol. The van der Waals surface area contributed by atoms with E-state index >= 15 is 0 Å². The maximum absolute atomic E-state index is 11.8. The summed E-state index contributed by atoms with van der Waals surface area (Å²) in [6.07, 6.45) is -0.308. The van der Waals surface area contributed by atoms with Gasteiger partial charge in [0.2, 0.25) is 10.0 Å². The number of sulfonamides is 1. The van der Waals surface area contributed by atoms with E-state index in [-0.39, 0.29) is 12.8 Å². The Morgan fingerprint density at radius 2 is 1.90 bits per heavy atom. The second kappa shape index (κ2) is 7.75. The second-order valence-electron chi connectivity index (χ2n) is 4.34. The summed E-state index contributed by atoms with van der Waals surface area (Å²) in [6, 6.07) is 7.38. The van der Waals surface area contributed by atoms with Crippen molar-refractivity contribution >= 4 is 22.0 Å². The van der Waals surface area contributed by atoms with Gasteiger partial charge >= 0.3 is 11.9 Å². The van der Waals surface area contributed by atoms with Gasteiger partial charge in [0, 0.05) is 0 Å². The number of carboxylic acid groups (broad SMARTS) is 1. The first-order chi connectivity index (χ1) is 9.84. The van der Waals surface area contributed by atoms with Crippen molar-refractivity contribution in [3.05, 3.63) is 35.9 Å². The van der Waals surface area contributed by atoms with Crippen molar-refractivity contribution in [1.29, 1.82) is 0 Å². The number of nitrogens with one attached hydrogen (secondary N) is 1. The van der Waals surface area contributed by atoms with Gasteiger partial charge in [-0.25, -0.2) is 13.1 Å². The molecule has 1 unspecified atom stereocenters. The Kier molecular flexibility index (Phi) is 6.32. The number of methoxy groups -OCH3 is 1. The molecule has 21 heavy (non-hydrogen) atoms. The number of carboxylic acids is 1. The Bertz CT molecular complexity index is 584. The zero-order valence-electron chi connectivity index (χ0n) is 11.5. The molecule has 0 aromatic heterocycles. The van der Waals surface area contributed by atoms with Crippen LogP contribution in [0.2, 0.25) is 0 Å². The van der Waals surface area contributed by atoms with Crippen LogP contribution >= 0.6 is 0 Å². The maximum atomic E-state index is 11.8. The van der Waals surface area contributed by atoms with E-state index in [0.29, 0.717) is 5.56 Å². The smallest absolute Gasteiger partial charge is 0.322 e. The number of ether oxygens (including phenoxy) is 1. The van der Waals surface area contributed by atoms with Gasteiger partial charge in [0.1, 0.15) is 6.04 Å². The number of hydrogen-bond donors (Lipinski definition) is 2. The average Bonchev–Trinajstić information content (AvgIpc) is 2.45. The standard InChI is InChI=1S/C13H17NO6S/c1-20-12(15)7-8-21(18,19)14-11(13(16)17)9-10-5-3-2-4-6-10/h2-6,11,14H,7-9H2,1H3,(H,16,17). The summed E-state index contributed by atoms with van der Waals surface area (Å²) in [5.74, 6) is -2.46. The van der Waals surface area contributed by atoms with Gasteiger partial charge in [0.25, 0.3) is 0 Å². The first kappa shape index (κ1) is 17.1. The molecule has 0 aliphatic heterocycles. The molecule has 0 saturated heterocycles. The summed E-state index contributed by atoms with van der Waals surface area (Å²) in [5, 5.41) is 9.10. The summed E-state index contributed by atoms with van der Waals surface area (Å²) >= 11 is 0. The van der Waals surface area contributed by atoms with E-state index in [1.807, 2.05) is 0 Å². The van der Waals surface area contributed by atoms with Gasteiger partial charge in [0.15, 0.2) is 0 Å². The van der Waals surface area contributed by atoms with Crippen LogP contribution < -0.4 is 4.72 Å². The van der Waals surface area contributed by atoms with E-state index in [9.17, 15) is 18.0 Å². The molecule has 0 fully saturated rings. The SMILES string of the molecule is COC(=O)CCS(=O)(=O)NC(Cc1ccccc1)C(=O)O. The van der Waals surface area contributed by atoms with Gasteiger partial charge in [-0.1, -0.05) is 30.3 Å². The molecule has 0 radical (unpaired) electrons. The van der Waals surface area contributed by atoms with Crippen LogP contribution in [0.5, 0.6) is 0 Å². The normalized spacial score (nSPS) is 12.6. The van der Waals surface area contributed by atoms with Crippen molar-refractivity contribution < 1.29 is 27.9 Å². The predicted molar refractivity (Wildman–Crippen MR) is 75.1 cm³/mol. The number of carbonyl (C=O) groups is 2. The molecular weight excluding hydrogens is 298 g/mol. The molecular formula is C13H17NO6S. The minimum absolute atomic E-state index is 0.0215. The number of hydrogen-bond acceptors (Lipinski definition) is 5. The van der Waals surface area contributed by atoms with Crippen molar-refractivity contribution in [3.63, 3.8) is 0 Å². The number of esters is 1. The molecule has 2 N–H and O–H groups in total. The number of benzene rings is 1. The number of rotatable bonds is 8. The third-order valence-electron chi connectivity index (χ3n) is 2.71. The molecule has 0 aliphatic carbocycles. The molecule has 116 valence electrons. The van der Waals surface area contributed by atoms with Gasteiger partial charge < -0.3 is 9.84 Å². The molecule has 0 amide bonds. The zero-order valence-corrected chi connectivity index (χ0v) is 12.3. The van der Waals surface area contributed by atoms with Gasteiger partial charge in [0.05, 0.1) is 19.3 Å². The summed E-state index contributed by atoms with van der Waals surface area (Å²) in [7, 11) is -2.73. The predicted octanol–water partition coefficient (Wildman–Crippen LogP) is 0.165. The van der Waals surface area contributed by atoms with Gasteiger partial charge in [-0.05, 0) is 12.0 Å². The van der Waals surface area contributed by atoms with Crippen molar-refractivity contribution in [2.75, 3.05) is 12.9 Å². The maximum Gasteiger partial charge on any atom is 0.322 e. The summed E-state index contributed by atoms with van der Waals surface area (Å²) < 4.78 is 30.0. The Morgan fingerprint density at radius 1 is 1.29 bits per heavy atom. The van der Waals surface area contributed by atoms with Crippen LogP contribution in [0.3, 0.4) is 0 Å². The third kappa shape index (κ3) is 6.37. The summed E-state index contributed by atoms with van der Waals surface area (Å²) in [5.41, 5.74) is 0.695. The van der Waals surface area contributed by atoms with E-state index < -0.39 is 33.8 Å². The zero-order chi connectivity index (χ0) is 15.9. The van der Waals surface area contributed by atoms with Crippen LogP contribution in [-0.2, 0) is 30.8 Å². The van der Waals surface area contributed by atoms with Crippen LogP contribution in [0, 0.1) is 0 Å². The van der Waals surface area contributed by atoms with Gasteiger partial charge in [-0.15, -0.1) is 0 Å². The highest BCUT2D eigenvalue weighted by molar-refractivity contribution is 7.89. The molecule has 1 aromatic rings. The van der Waals surface area contributed by atoms with Crippen molar-refractivity contribution in [2.24, 2.45) is 0 Å². The van der Waals surface area contributed by atoms with E-state index in [1.165, 1.54) is 0 Å². The van der Waals surface area contributed by atoms with Crippen molar-refractivity contribution in [3.8, 4) is 0 Å². The lowest BCUT2D eigenvalue weighted by molar-refractivity contribution is -0.140. The van der Waals surface area contributed by atoms with Gasteiger partial charge in [-0.2, -0.15) is 0 Å². The Hall–Kier alpha value is -1.93. The third-order valence-corrected chi connectivity index (χ3v) is 4.09. The van der Waals surface area contributed by atoms with Crippen LogP contribution in [0.4, 0.5) is 0 Å². The van der Waals surface area contributed by atoms with E-state index in [1.54, 1.807) is 30.3 Å². The molecule has 0 aliphatic rings. The first-order valence-corrected chi connectivity index (χ1v) is 7.83. The summed E-state index contributed by atoms with van der Waals surface area (Å²) in [4.78, 5) is 22.1. The lowest BCUT2D eigenvalue weighted by atomic mass is 10.1. The molecule has 1 aromatic carbocycles. The molecule has 0 spiro atoms. The molecule has 0 bridgehead atoms. The highest BCUT2D eigenvalue weighted by atomic mass is 32.2. The number of aliphatic carboxylic acids is 1. The van der Waals surface area contributed by atoms with E-state index in [2.05, 4.69) is 9.46 Å². The quantitative estimate of drug-likeness (QED) is 0.662. The molecule has 1 rings (SSSR count). The monoisotopic (exact) mass is 315 g/mol. The number of carbonyl (C=O) groups excluding carboxylic acids is 1. The fourth-order valence-electron chi connectivity index (χ4n) is 1.62. The largest absolute Gasteiger partial charge is 0.480 e. The van der Waals surface area contributed by atoms with Crippen LogP contribution in [0.25, 0.3) is 0 Å². The molecule has 7 nitrogen and oxygen atoms in total.